The summed E-state index contributed by atoms with van der Waals surface area (Å²) in [4.78, 5) is 11.1. The van der Waals surface area contributed by atoms with Gasteiger partial charge < -0.3 is 5.73 Å². The fraction of sp³-hybridized carbons (Fsp3) is 0. The highest BCUT2D eigenvalue weighted by Gasteiger charge is 2.14. The number of rotatable bonds is 2. The summed E-state index contributed by atoms with van der Waals surface area (Å²) in [5.41, 5.74) is 6.79. The fourth-order valence-electron chi connectivity index (χ4n) is 1.62. The normalized spacial score (nSPS) is 10.5. The Labute approximate surface area is 130 Å². The molecule has 0 aliphatic carbocycles. The number of carbonyl (C=O) groups is 1. The minimum absolute atomic E-state index is 0.260. The zero-order valence-electron chi connectivity index (χ0n) is 9.38. The predicted octanol–water partition coefficient (Wildman–Crippen LogP) is 5.07. The van der Waals surface area contributed by atoms with Crippen molar-refractivity contribution in [2.24, 2.45) is 5.73 Å². The van der Waals surface area contributed by atoms with Crippen LogP contribution in [0.25, 0.3) is 11.1 Å². The smallest absolute Gasteiger partial charge is 0.248 e. The van der Waals surface area contributed by atoms with Gasteiger partial charge in [-0.25, -0.2) is 0 Å². The van der Waals surface area contributed by atoms with E-state index in [0.717, 1.165) is 0 Å². The maximum atomic E-state index is 11.1. The van der Waals surface area contributed by atoms with Crippen LogP contribution in [0.1, 0.15) is 10.4 Å². The predicted molar refractivity (Wildman–Crippen MR) is 80.4 cm³/mol. The molecule has 2 nitrogen and oxygen atoms in total. The summed E-state index contributed by atoms with van der Waals surface area (Å²) in [6.07, 6.45) is 0. The van der Waals surface area contributed by atoms with Gasteiger partial charge in [0.2, 0.25) is 5.91 Å². The number of halogens is 4. The first-order valence-electron chi connectivity index (χ1n) is 5.15. The molecule has 0 fully saturated rings. The van der Waals surface area contributed by atoms with Crippen molar-refractivity contribution in [3.63, 3.8) is 0 Å². The topological polar surface area (TPSA) is 43.1 Å². The lowest BCUT2D eigenvalue weighted by Gasteiger charge is -2.10. The summed E-state index contributed by atoms with van der Waals surface area (Å²) in [7, 11) is 0. The number of carbonyl (C=O) groups excluding carboxylic acids is 1. The molecule has 19 heavy (non-hydrogen) atoms. The van der Waals surface area contributed by atoms with Crippen LogP contribution >= 0.6 is 46.4 Å². The third-order valence-corrected chi connectivity index (χ3v) is 4.19. The second-order valence-electron chi connectivity index (χ2n) is 3.78. The molecule has 0 spiro atoms. The number of hydrogen-bond donors (Lipinski definition) is 1. The number of amides is 1. The van der Waals surface area contributed by atoms with E-state index in [1.54, 1.807) is 24.3 Å². The molecule has 0 heterocycles. The van der Waals surface area contributed by atoms with Crippen molar-refractivity contribution < 1.29 is 4.79 Å². The third kappa shape index (κ3) is 2.82. The molecule has 0 saturated heterocycles. The van der Waals surface area contributed by atoms with Crippen LogP contribution in [0.3, 0.4) is 0 Å². The first-order chi connectivity index (χ1) is 8.91. The molecule has 2 N–H and O–H groups in total. The maximum absolute atomic E-state index is 11.1. The third-order valence-electron chi connectivity index (χ3n) is 2.58. The Morgan fingerprint density at radius 1 is 0.842 bits per heavy atom. The highest BCUT2D eigenvalue weighted by molar-refractivity contribution is 6.49. The zero-order valence-corrected chi connectivity index (χ0v) is 12.4. The van der Waals surface area contributed by atoms with Crippen LogP contribution in [0.15, 0.2) is 30.3 Å². The van der Waals surface area contributed by atoms with Crippen LogP contribution in [-0.4, -0.2) is 5.91 Å². The van der Waals surface area contributed by atoms with Crippen LogP contribution < -0.4 is 5.73 Å². The first kappa shape index (κ1) is 14.5. The van der Waals surface area contributed by atoms with Crippen molar-refractivity contribution in [2.45, 2.75) is 0 Å². The first-order valence-corrected chi connectivity index (χ1v) is 6.66. The molecular formula is C13H7Cl4NO. The lowest BCUT2D eigenvalue weighted by Crippen LogP contribution is -2.10. The molecule has 2 aromatic carbocycles. The Morgan fingerprint density at radius 3 is 2.05 bits per heavy atom. The van der Waals surface area contributed by atoms with Crippen molar-refractivity contribution in [1.82, 2.24) is 0 Å². The lowest BCUT2D eigenvalue weighted by atomic mass is 10.0. The van der Waals surface area contributed by atoms with E-state index < -0.39 is 5.91 Å². The van der Waals surface area contributed by atoms with Gasteiger partial charge in [-0.2, -0.15) is 0 Å². The Kier molecular flexibility index (Phi) is 4.26. The SMILES string of the molecule is NC(=O)c1ccc(-c2ccc(Cl)c(Cl)c2Cl)c(Cl)c1. The zero-order chi connectivity index (χ0) is 14.2. The van der Waals surface area contributed by atoms with Gasteiger partial charge in [0.05, 0.1) is 15.1 Å². The molecule has 1 amide bonds. The Hall–Kier alpha value is -0.930. The summed E-state index contributed by atoms with van der Waals surface area (Å²) in [5.74, 6) is -0.548. The van der Waals surface area contributed by atoms with Gasteiger partial charge in [-0.3, -0.25) is 4.79 Å². The van der Waals surface area contributed by atoms with E-state index in [2.05, 4.69) is 0 Å². The van der Waals surface area contributed by atoms with Crippen LogP contribution in [0.5, 0.6) is 0 Å². The maximum Gasteiger partial charge on any atom is 0.248 e. The molecule has 6 heteroatoms. The van der Waals surface area contributed by atoms with Crippen molar-refractivity contribution in [3.8, 4) is 11.1 Å². The van der Waals surface area contributed by atoms with E-state index in [4.69, 9.17) is 52.1 Å². The molecule has 0 aromatic heterocycles. The van der Waals surface area contributed by atoms with Gasteiger partial charge in [0.15, 0.2) is 0 Å². The number of benzene rings is 2. The van der Waals surface area contributed by atoms with Crippen LogP contribution in [0, 0.1) is 0 Å². The van der Waals surface area contributed by atoms with Gasteiger partial charge in [0, 0.05) is 21.7 Å². The van der Waals surface area contributed by atoms with Crippen LogP contribution in [0.2, 0.25) is 20.1 Å². The number of nitrogens with two attached hydrogens (primary N) is 1. The molecule has 0 atom stereocenters. The molecule has 0 radical (unpaired) electrons. The second-order valence-corrected chi connectivity index (χ2v) is 5.35. The van der Waals surface area contributed by atoms with Gasteiger partial charge in [0.1, 0.15) is 0 Å². The van der Waals surface area contributed by atoms with E-state index in [9.17, 15) is 4.79 Å². The van der Waals surface area contributed by atoms with Gasteiger partial charge in [-0.15, -0.1) is 0 Å². The molecule has 0 bridgehead atoms. The summed E-state index contributed by atoms with van der Waals surface area (Å²) >= 11 is 24.1. The van der Waals surface area contributed by atoms with Crippen LogP contribution in [-0.2, 0) is 0 Å². The van der Waals surface area contributed by atoms with E-state index >= 15 is 0 Å². The van der Waals surface area contributed by atoms with E-state index in [0.29, 0.717) is 31.8 Å². The molecule has 0 saturated carbocycles. The van der Waals surface area contributed by atoms with Gasteiger partial charge in [-0.1, -0.05) is 58.5 Å². The highest BCUT2D eigenvalue weighted by Crippen LogP contribution is 2.40. The summed E-state index contributed by atoms with van der Waals surface area (Å²) in [5, 5.41) is 1.29. The molecule has 0 aliphatic heterocycles. The van der Waals surface area contributed by atoms with Crippen molar-refractivity contribution in [2.75, 3.05) is 0 Å². The van der Waals surface area contributed by atoms with E-state index in [1.165, 1.54) is 6.07 Å². The van der Waals surface area contributed by atoms with Crippen molar-refractivity contribution in [1.29, 1.82) is 0 Å². The van der Waals surface area contributed by atoms with Gasteiger partial charge in [0.25, 0.3) is 0 Å². The van der Waals surface area contributed by atoms with E-state index in [1.807, 2.05) is 0 Å². The summed E-state index contributed by atoms with van der Waals surface area (Å²) < 4.78 is 0. The summed E-state index contributed by atoms with van der Waals surface area (Å²) in [6, 6.07) is 8.06. The molecule has 2 rings (SSSR count). The molecular weight excluding hydrogens is 328 g/mol. The quantitative estimate of drug-likeness (QED) is 0.766. The largest absolute Gasteiger partial charge is 0.366 e. The minimum Gasteiger partial charge on any atom is -0.366 e. The van der Waals surface area contributed by atoms with Crippen LogP contribution in [0.4, 0.5) is 0 Å². The number of hydrogen-bond acceptors (Lipinski definition) is 1. The highest BCUT2D eigenvalue weighted by atomic mass is 35.5. The minimum atomic E-state index is -0.548. The molecule has 98 valence electrons. The van der Waals surface area contributed by atoms with Crippen molar-refractivity contribution >= 4 is 52.3 Å². The standard InChI is InChI=1S/C13H7Cl4NO/c14-9-4-3-8(11(16)12(9)17)7-2-1-6(13(18)19)5-10(7)15/h1-5H,(H2,18,19). The van der Waals surface area contributed by atoms with Gasteiger partial charge >= 0.3 is 0 Å². The average Bonchev–Trinajstić information content (AvgIpc) is 2.37. The average molecular weight is 335 g/mol. The van der Waals surface area contributed by atoms with Gasteiger partial charge in [-0.05, 0) is 18.2 Å². The Balaban J connectivity index is 2.60. The molecule has 0 unspecified atom stereocenters. The summed E-state index contributed by atoms with van der Waals surface area (Å²) in [6.45, 7) is 0. The number of primary amides is 1. The van der Waals surface area contributed by atoms with Crippen molar-refractivity contribution in [3.05, 3.63) is 56.0 Å². The second kappa shape index (κ2) is 5.59. The Morgan fingerprint density at radius 2 is 1.47 bits per heavy atom. The monoisotopic (exact) mass is 333 g/mol. The molecule has 0 aliphatic rings. The Bertz CT molecular complexity index is 670. The van der Waals surface area contributed by atoms with E-state index in [-0.39, 0.29) is 5.02 Å². The molecule has 2 aromatic rings. The fourth-order valence-corrected chi connectivity index (χ4v) is 2.54. The lowest BCUT2D eigenvalue weighted by molar-refractivity contribution is 0.100.